The van der Waals surface area contributed by atoms with Crippen LogP contribution in [0.3, 0.4) is 0 Å². The Kier molecular flexibility index (Phi) is 4.11. The molecule has 0 radical (unpaired) electrons. The maximum Gasteiger partial charge on any atom is 0.230 e. The van der Waals surface area contributed by atoms with Crippen LogP contribution >= 0.6 is 0 Å². The molecule has 5 heteroatoms. The van der Waals surface area contributed by atoms with Gasteiger partial charge in [0.25, 0.3) is 0 Å². The molecule has 0 N–H and O–H groups in total. The lowest BCUT2D eigenvalue weighted by atomic mass is 10.4. The van der Waals surface area contributed by atoms with Crippen LogP contribution in [0.5, 0.6) is 0 Å². The minimum atomic E-state index is -3.47. The molecule has 0 aromatic rings. The molecule has 0 saturated carbocycles. The van der Waals surface area contributed by atoms with E-state index in [-0.39, 0.29) is 6.54 Å². The summed E-state index contributed by atoms with van der Waals surface area (Å²) in [6, 6.07) is 1.70. The largest absolute Gasteiger partial charge is 0.230 e. The molecule has 0 aliphatic heterocycles. The highest BCUT2D eigenvalue weighted by molar-refractivity contribution is 7.89. The molecule has 0 heterocycles. The van der Waals surface area contributed by atoms with Gasteiger partial charge in [0, 0.05) is 13.6 Å². The van der Waals surface area contributed by atoms with Gasteiger partial charge in [-0.2, -0.15) is 9.57 Å². The molecule has 0 aliphatic carbocycles. The molecule has 0 saturated heterocycles. The predicted octanol–water partition coefficient (Wildman–Crippen LogP) is 0.736. The van der Waals surface area contributed by atoms with Crippen molar-refractivity contribution < 1.29 is 8.42 Å². The molecule has 0 fully saturated rings. The molecule has 0 aliphatic rings. The third-order valence-electron chi connectivity index (χ3n) is 1.56. The summed E-state index contributed by atoms with van der Waals surface area (Å²) in [6.45, 7) is 6.97. The van der Waals surface area contributed by atoms with Crippen molar-refractivity contribution in [1.82, 2.24) is 4.31 Å². The minimum absolute atomic E-state index is 0.258. The van der Waals surface area contributed by atoms with Gasteiger partial charge in [-0.3, -0.25) is 0 Å². The van der Waals surface area contributed by atoms with Crippen LogP contribution in [0.4, 0.5) is 0 Å². The van der Waals surface area contributed by atoms with E-state index in [1.807, 2.05) is 0 Å². The van der Waals surface area contributed by atoms with Crippen molar-refractivity contribution in [3.05, 3.63) is 12.2 Å². The lowest BCUT2D eigenvalue weighted by molar-refractivity contribution is 0.489. The molecule has 74 valence electrons. The number of hydrogen-bond donors (Lipinski definition) is 0. The van der Waals surface area contributed by atoms with Gasteiger partial charge < -0.3 is 0 Å². The summed E-state index contributed by atoms with van der Waals surface area (Å²) in [6.07, 6.45) is 0. The van der Waals surface area contributed by atoms with E-state index < -0.39 is 15.3 Å². The van der Waals surface area contributed by atoms with Crippen LogP contribution in [0.25, 0.3) is 0 Å². The summed E-state index contributed by atoms with van der Waals surface area (Å²) in [5.41, 5.74) is 0.746. The molecule has 0 spiro atoms. The zero-order valence-electron chi connectivity index (χ0n) is 8.11. The Bertz CT molecular complexity index is 327. The summed E-state index contributed by atoms with van der Waals surface area (Å²) in [5.74, 6) is 0. The zero-order chi connectivity index (χ0) is 10.6. The summed E-state index contributed by atoms with van der Waals surface area (Å²) >= 11 is 0. The average Bonchev–Trinajstić information content (AvgIpc) is 2.01. The van der Waals surface area contributed by atoms with Crippen molar-refractivity contribution >= 4 is 10.0 Å². The highest BCUT2D eigenvalue weighted by Gasteiger charge is 2.25. The smallest absolute Gasteiger partial charge is 0.211 e. The van der Waals surface area contributed by atoms with Gasteiger partial charge in [0.1, 0.15) is 0 Å². The van der Waals surface area contributed by atoms with Gasteiger partial charge in [-0.15, -0.1) is 0 Å². The molecule has 0 aromatic carbocycles. The Morgan fingerprint density at radius 2 is 2.15 bits per heavy atom. The second-order valence-corrected chi connectivity index (χ2v) is 5.39. The van der Waals surface area contributed by atoms with Crippen LogP contribution in [0.1, 0.15) is 13.8 Å². The fourth-order valence-electron chi connectivity index (χ4n) is 0.807. The molecule has 0 amide bonds. The van der Waals surface area contributed by atoms with Crippen LogP contribution in [0.2, 0.25) is 0 Å². The highest BCUT2D eigenvalue weighted by Crippen LogP contribution is 2.07. The summed E-state index contributed by atoms with van der Waals surface area (Å²) in [5, 5.41) is 7.47. The van der Waals surface area contributed by atoms with Crippen LogP contribution in [-0.4, -0.2) is 31.6 Å². The van der Waals surface area contributed by atoms with Gasteiger partial charge in [-0.05, 0) is 13.8 Å². The first-order valence-corrected chi connectivity index (χ1v) is 5.32. The van der Waals surface area contributed by atoms with E-state index in [1.165, 1.54) is 14.0 Å². The third kappa shape index (κ3) is 3.17. The van der Waals surface area contributed by atoms with Gasteiger partial charge in [0.05, 0.1) is 6.07 Å². The predicted molar refractivity (Wildman–Crippen MR) is 51.4 cm³/mol. The van der Waals surface area contributed by atoms with Gasteiger partial charge in [0.2, 0.25) is 10.0 Å². The minimum Gasteiger partial charge on any atom is -0.211 e. The molecular weight excluding hydrogens is 188 g/mol. The monoisotopic (exact) mass is 202 g/mol. The Hall–Kier alpha value is -0.860. The normalized spacial score (nSPS) is 13.8. The fourth-order valence-corrected chi connectivity index (χ4v) is 1.88. The Morgan fingerprint density at radius 1 is 1.69 bits per heavy atom. The van der Waals surface area contributed by atoms with E-state index in [4.69, 9.17) is 5.26 Å². The topological polar surface area (TPSA) is 61.2 Å². The van der Waals surface area contributed by atoms with E-state index in [0.717, 1.165) is 9.88 Å². The maximum atomic E-state index is 11.5. The van der Waals surface area contributed by atoms with Gasteiger partial charge in [-0.1, -0.05) is 12.2 Å². The van der Waals surface area contributed by atoms with E-state index in [0.29, 0.717) is 0 Å². The lowest BCUT2D eigenvalue weighted by Crippen LogP contribution is -2.34. The van der Waals surface area contributed by atoms with Crippen LogP contribution < -0.4 is 0 Å². The van der Waals surface area contributed by atoms with Crippen molar-refractivity contribution in [2.75, 3.05) is 13.6 Å². The molecule has 1 unspecified atom stereocenters. The maximum absolute atomic E-state index is 11.5. The molecule has 0 rings (SSSR count). The Morgan fingerprint density at radius 3 is 2.46 bits per heavy atom. The molecule has 0 bridgehead atoms. The van der Waals surface area contributed by atoms with Gasteiger partial charge >= 0.3 is 0 Å². The second-order valence-electron chi connectivity index (χ2n) is 3.03. The van der Waals surface area contributed by atoms with Crippen molar-refractivity contribution in [3.63, 3.8) is 0 Å². The average molecular weight is 202 g/mol. The molecule has 0 aromatic heterocycles. The second kappa shape index (κ2) is 4.40. The lowest BCUT2D eigenvalue weighted by Gasteiger charge is -2.17. The number of nitrogens with zero attached hydrogens (tertiary/aromatic N) is 2. The quantitative estimate of drug-likeness (QED) is 0.631. The SMILES string of the molecule is C=C(C)CN(C)S(=O)(=O)C(C)C#N. The van der Waals surface area contributed by atoms with Crippen LogP contribution in [0.15, 0.2) is 12.2 Å². The zero-order valence-corrected chi connectivity index (χ0v) is 8.93. The van der Waals surface area contributed by atoms with Gasteiger partial charge in [-0.25, -0.2) is 8.42 Å². The summed E-state index contributed by atoms with van der Waals surface area (Å²) in [4.78, 5) is 0. The van der Waals surface area contributed by atoms with E-state index in [1.54, 1.807) is 13.0 Å². The first-order valence-electron chi connectivity index (χ1n) is 3.81. The molecular formula is C8H14N2O2S. The van der Waals surface area contributed by atoms with Crippen molar-refractivity contribution in [3.8, 4) is 6.07 Å². The highest BCUT2D eigenvalue weighted by atomic mass is 32.2. The van der Waals surface area contributed by atoms with Crippen LogP contribution in [0, 0.1) is 11.3 Å². The van der Waals surface area contributed by atoms with Crippen molar-refractivity contribution in [1.29, 1.82) is 5.26 Å². The standard InChI is InChI=1S/C8H14N2O2S/c1-7(2)6-10(4)13(11,12)8(3)5-9/h8H,1,6H2,2-4H3. The number of rotatable bonds is 4. The first kappa shape index (κ1) is 12.1. The molecule has 4 nitrogen and oxygen atoms in total. The number of likely N-dealkylation sites (N-methyl/N-ethyl adjacent to an activating group) is 1. The van der Waals surface area contributed by atoms with E-state index in [9.17, 15) is 8.42 Å². The Labute approximate surface area is 79.5 Å². The van der Waals surface area contributed by atoms with Crippen molar-refractivity contribution in [2.45, 2.75) is 19.1 Å². The Balaban J connectivity index is 4.67. The molecule has 1 atom stereocenters. The van der Waals surface area contributed by atoms with Crippen LogP contribution in [-0.2, 0) is 10.0 Å². The molecule has 13 heavy (non-hydrogen) atoms. The van der Waals surface area contributed by atoms with Gasteiger partial charge in [0.15, 0.2) is 5.25 Å². The van der Waals surface area contributed by atoms with Crippen molar-refractivity contribution in [2.24, 2.45) is 0 Å². The third-order valence-corrected chi connectivity index (χ3v) is 3.55. The fraction of sp³-hybridized carbons (Fsp3) is 0.625. The summed E-state index contributed by atoms with van der Waals surface area (Å²) < 4.78 is 24.1. The number of hydrogen-bond acceptors (Lipinski definition) is 3. The van der Waals surface area contributed by atoms with E-state index in [2.05, 4.69) is 6.58 Å². The summed E-state index contributed by atoms with van der Waals surface area (Å²) in [7, 11) is -2.03. The number of nitriles is 1. The van der Waals surface area contributed by atoms with E-state index >= 15 is 0 Å². The number of sulfonamides is 1. The first-order chi connectivity index (χ1) is 5.82.